The van der Waals surface area contributed by atoms with Crippen LogP contribution in [0.15, 0.2) is 48.5 Å². The van der Waals surface area contributed by atoms with Crippen molar-refractivity contribution < 1.29 is 33.5 Å². The highest BCUT2D eigenvalue weighted by Gasteiger charge is 2.49. The largest absolute Gasteiger partial charge is 0.446 e. The molecule has 1 spiro atoms. The van der Waals surface area contributed by atoms with Crippen LogP contribution < -0.4 is 15.5 Å². The number of ether oxygens (including phenoxy) is 1. The van der Waals surface area contributed by atoms with Crippen molar-refractivity contribution in [1.29, 1.82) is 0 Å². The molecule has 6 amide bonds. The van der Waals surface area contributed by atoms with E-state index in [-0.39, 0.29) is 60.0 Å². The maximum absolute atomic E-state index is 13.3. The number of piperazine rings is 1. The van der Waals surface area contributed by atoms with Gasteiger partial charge in [0.2, 0.25) is 17.7 Å². The fourth-order valence-electron chi connectivity index (χ4n) is 9.69. The summed E-state index contributed by atoms with van der Waals surface area (Å²) in [5.41, 5.74) is 4.45. The molecule has 3 atom stereocenters. The van der Waals surface area contributed by atoms with Crippen LogP contribution in [0, 0.1) is 0 Å². The van der Waals surface area contributed by atoms with Gasteiger partial charge in [-0.2, -0.15) is 5.10 Å². The summed E-state index contributed by atoms with van der Waals surface area (Å²) in [5, 5.41) is 12.6. The maximum atomic E-state index is 13.3. The lowest BCUT2D eigenvalue weighted by atomic mass is 9.75. The van der Waals surface area contributed by atoms with Gasteiger partial charge in [-0.25, -0.2) is 4.79 Å². The number of carbonyl (C=O) groups excluding carboxylic acids is 6. The van der Waals surface area contributed by atoms with E-state index in [9.17, 15) is 28.8 Å². The zero-order valence-electron chi connectivity index (χ0n) is 32.0. The Hall–Kier alpha value is -5.57. The first-order valence-corrected chi connectivity index (χ1v) is 20.4. The molecule has 1 unspecified atom stereocenters. The highest BCUT2D eigenvalue weighted by molar-refractivity contribution is 6.23. The number of anilines is 2. The molecule has 15 heteroatoms. The van der Waals surface area contributed by atoms with Crippen LogP contribution in [0.1, 0.15) is 108 Å². The molecule has 6 aliphatic rings. The van der Waals surface area contributed by atoms with E-state index >= 15 is 0 Å². The lowest BCUT2D eigenvalue weighted by molar-refractivity contribution is -0.136. The molecular formula is C42H48N8O7. The summed E-state index contributed by atoms with van der Waals surface area (Å²) in [6.07, 6.45) is 8.19. The second-order valence-corrected chi connectivity index (χ2v) is 16.5. The minimum absolute atomic E-state index is 0.0586. The Balaban J connectivity index is 0.716. The minimum atomic E-state index is -0.986. The molecule has 0 radical (unpaired) electrons. The van der Waals surface area contributed by atoms with E-state index in [2.05, 4.69) is 42.8 Å². The van der Waals surface area contributed by atoms with Gasteiger partial charge in [-0.3, -0.25) is 44.2 Å². The second-order valence-electron chi connectivity index (χ2n) is 16.5. The molecule has 4 aliphatic heterocycles. The average molecular weight is 777 g/mol. The van der Waals surface area contributed by atoms with E-state index in [4.69, 9.17) is 4.74 Å². The van der Waals surface area contributed by atoms with Crippen molar-refractivity contribution in [2.75, 3.05) is 42.9 Å². The molecule has 298 valence electrons. The molecule has 2 aliphatic carbocycles. The fourth-order valence-corrected chi connectivity index (χ4v) is 9.69. The lowest BCUT2D eigenvalue weighted by Crippen LogP contribution is -2.54. The van der Waals surface area contributed by atoms with Gasteiger partial charge in [-0.15, -0.1) is 0 Å². The number of benzene rings is 2. The van der Waals surface area contributed by atoms with Crippen molar-refractivity contribution in [1.82, 2.24) is 30.2 Å². The molecule has 3 aromatic rings. The van der Waals surface area contributed by atoms with E-state index < -0.39 is 29.7 Å². The van der Waals surface area contributed by atoms with E-state index in [1.807, 2.05) is 29.2 Å². The SMILES string of the molecule is O=C1CCC(N2C(=O)c3ccc(N4CCN(Cc5ccc(CC(=O)Nc6cc([C@H]7CC[C@@H](OC(=O)N8CCCC89CCC9)C7)[nH]n6)cc5)CC4)cc3C2=O)C(=O)N1. The molecule has 5 fully saturated rings. The summed E-state index contributed by atoms with van der Waals surface area (Å²) in [6.45, 7) is 4.63. The Bertz CT molecular complexity index is 2100. The van der Waals surface area contributed by atoms with E-state index in [1.165, 1.54) is 6.42 Å². The van der Waals surface area contributed by atoms with Crippen molar-refractivity contribution in [3.63, 3.8) is 0 Å². The highest BCUT2D eigenvalue weighted by atomic mass is 16.6. The van der Waals surface area contributed by atoms with Crippen LogP contribution in [0.25, 0.3) is 0 Å². The van der Waals surface area contributed by atoms with Gasteiger partial charge in [-0.05, 0) is 87.1 Å². The Morgan fingerprint density at radius 2 is 1.60 bits per heavy atom. The molecule has 1 aromatic heterocycles. The number of hydrogen-bond acceptors (Lipinski definition) is 10. The quantitative estimate of drug-likeness (QED) is 0.268. The van der Waals surface area contributed by atoms with Crippen molar-refractivity contribution >= 4 is 47.1 Å². The molecule has 9 rings (SSSR count). The van der Waals surface area contributed by atoms with Crippen LogP contribution in [0.2, 0.25) is 0 Å². The van der Waals surface area contributed by atoms with Gasteiger partial charge in [0.25, 0.3) is 11.8 Å². The van der Waals surface area contributed by atoms with Gasteiger partial charge < -0.3 is 19.9 Å². The molecule has 3 saturated heterocycles. The number of aromatic nitrogens is 2. The van der Waals surface area contributed by atoms with Gasteiger partial charge >= 0.3 is 6.09 Å². The van der Waals surface area contributed by atoms with Crippen LogP contribution in [-0.2, 0) is 32.1 Å². The maximum Gasteiger partial charge on any atom is 0.410 e. The number of carbonyl (C=O) groups is 6. The smallest absolute Gasteiger partial charge is 0.410 e. The predicted octanol–water partition coefficient (Wildman–Crippen LogP) is 4.11. The zero-order chi connectivity index (χ0) is 39.3. The second kappa shape index (κ2) is 15.1. The van der Waals surface area contributed by atoms with E-state index in [0.29, 0.717) is 5.82 Å². The summed E-state index contributed by atoms with van der Waals surface area (Å²) in [5.74, 6) is -1.49. The number of hydrogen-bond donors (Lipinski definition) is 3. The first-order valence-electron chi connectivity index (χ1n) is 20.4. The zero-order valence-corrected chi connectivity index (χ0v) is 32.0. The first kappa shape index (κ1) is 37.0. The summed E-state index contributed by atoms with van der Waals surface area (Å²) >= 11 is 0. The predicted molar refractivity (Wildman–Crippen MR) is 207 cm³/mol. The van der Waals surface area contributed by atoms with Crippen molar-refractivity contribution in [3.05, 3.63) is 76.5 Å². The van der Waals surface area contributed by atoms with E-state index in [1.54, 1.807) is 12.1 Å². The Kier molecular flexibility index (Phi) is 9.79. The Morgan fingerprint density at radius 1 is 0.842 bits per heavy atom. The van der Waals surface area contributed by atoms with Gasteiger partial charge in [0.1, 0.15) is 12.1 Å². The standard InChI is InChI=1S/C42H48N8O7/c51-36-12-11-34(38(53)44-36)50-39(54)31-10-8-29(23-32(31)40(50)55)48-19-17-47(18-20-48)25-27-5-3-26(4-6-27)21-37(52)43-35-24-33(45-46-35)28-7-9-30(22-28)57-41(56)49-16-2-15-42(49)13-1-14-42/h3-6,8,10,23-24,28,30,34H,1-2,7,9,11-22,25H2,(H,44,51,53)(H2,43,45,46,52)/t28-,30+,34?/m0/s1. The van der Waals surface area contributed by atoms with Crippen LogP contribution in [-0.4, -0.2) is 111 Å². The third kappa shape index (κ3) is 7.28. The number of aromatic amines is 1. The molecule has 2 saturated carbocycles. The number of likely N-dealkylation sites (tertiary alicyclic amines) is 1. The number of nitrogens with zero attached hydrogens (tertiary/aromatic N) is 5. The third-order valence-corrected chi connectivity index (χ3v) is 13.0. The molecule has 2 aromatic carbocycles. The molecule has 57 heavy (non-hydrogen) atoms. The van der Waals surface area contributed by atoms with Gasteiger partial charge in [0.05, 0.1) is 17.5 Å². The van der Waals surface area contributed by atoms with Gasteiger partial charge in [0, 0.05) is 74.6 Å². The summed E-state index contributed by atoms with van der Waals surface area (Å²) < 4.78 is 5.97. The number of H-pyrrole nitrogens is 1. The lowest BCUT2D eigenvalue weighted by Gasteiger charge is -2.45. The average Bonchev–Trinajstić information content (AvgIpc) is 4.00. The summed E-state index contributed by atoms with van der Waals surface area (Å²) in [4.78, 5) is 83.9. The Morgan fingerprint density at radius 3 is 2.35 bits per heavy atom. The normalized spacial score (nSPS) is 24.5. The molecule has 5 heterocycles. The monoisotopic (exact) mass is 776 g/mol. The van der Waals surface area contributed by atoms with Gasteiger partial charge in [0.15, 0.2) is 5.82 Å². The van der Waals surface area contributed by atoms with Crippen LogP contribution in [0.3, 0.4) is 0 Å². The third-order valence-electron chi connectivity index (χ3n) is 13.0. The van der Waals surface area contributed by atoms with Crippen molar-refractivity contribution in [2.45, 2.75) is 101 Å². The number of imide groups is 2. The molecule has 3 N–H and O–H groups in total. The molecular weight excluding hydrogens is 729 g/mol. The Labute approximate surface area is 330 Å². The summed E-state index contributed by atoms with van der Waals surface area (Å²) in [7, 11) is 0. The first-order chi connectivity index (χ1) is 27.6. The number of nitrogens with one attached hydrogen (secondary N) is 3. The van der Waals surface area contributed by atoms with Crippen molar-refractivity contribution in [3.8, 4) is 0 Å². The highest BCUT2D eigenvalue weighted by Crippen LogP contribution is 2.46. The minimum Gasteiger partial charge on any atom is -0.446 e. The van der Waals surface area contributed by atoms with Gasteiger partial charge in [-0.1, -0.05) is 24.3 Å². The van der Waals surface area contributed by atoms with Crippen LogP contribution >= 0.6 is 0 Å². The number of piperidine rings is 1. The fraction of sp³-hybridized carbons (Fsp3) is 0.500. The molecule has 15 nitrogen and oxygen atoms in total. The topological polar surface area (TPSA) is 177 Å². The molecule has 0 bridgehead atoms. The van der Waals surface area contributed by atoms with E-state index in [0.717, 1.165) is 112 Å². The number of amides is 6. The number of rotatable bonds is 9. The summed E-state index contributed by atoms with van der Waals surface area (Å²) in [6, 6.07) is 14.2. The number of fused-ring (bicyclic) bond motifs is 1. The van der Waals surface area contributed by atoms with Crippen molar-refractivity contribution in [2.24, 2.45) is 0 Å². The van der Waals surface area contributed by atoms with Crippen LogP contribution in [0.5, 0.6) is 0 Å². The van der Waals surface area contributed by atoms with Crippen LogP contribution in [0.4, 0.5) is 16.3 Å².